The van der Waals surface area contributed by atoms with E-state index >= 15 is 0 Å². The highest BCUT2D eigenvalue weighted by Gasteiger charge is 2.37. The molecule has 4 amide bonds. The lowest BCUT2D eigenvalue weighted by atomic mass is 10.1. The van der Waals surface area contributed by atoms with Crippen LogP contribution in [0.1, 0.15) is 27.8 Å². The van der Waals surface area contributed by atoms with Gasteiger partial charge in [-0.25, -0.2) is 9.69 Å². The molecule has 7 heteroatoms. The van der Waals surface area contributed by atoms with Gasteiger partial charge in [0, 0.05) is 10.0 Å². The van der Waals surface area contributed by atoms with Gasteiger partial charge in [0.05, 0.1) is 5.69 Å². The molecule has 0 unspecified atom stereocenters. The number of urea groups is 1. The van der Waals surface area contributed by atoms with Gasteiger partial charge in [-0.3, -0.25) is 14.9 Å². The van der Waals surface area contributed by atoms with Gasteiger partial charge in [-0.15, -0.1) is 0 Å². The molecule has 0 radical (unpaired) electrons. The summed E-state index contributed by atoms with van der Waals surface area (Å²) in [6, 6.07) is 17.6. The van der Waals surface area contributed by atoms with Gasteiger partial charge in [0.2, 0.25) is 0 Å². The monoisotopic (exact) mass is 518 g/mol. The molecule has 0 bridgehead atoms. The first-order chi connectivity index (χ1) is 16.2. The van der Waals surface area contributed by atoms with Crippen molar-refractivity contribution >= 4 is 45.5 Å². The Bertz CT molecular complexity index is 1330. The van der Waals surface area contributed by atoms with Crippen LogP contribution in [0, 0.1) is 20.8 Å². The highest BCUT2D eigenvalue weighted by atomic mass is 79.9. The highest BCUT2D eigenvalue weighted by molar-refractivity contribution is 9.10. The van der Waals surface area contributed by atoms with Crippen molar-refractivity contribution in [3.63, 3.8) is 0 Å². The molecule has 1 N–H and O–H groups in total. The van der Waals surface area contributed by atoms with Crippen LogP contribution in [0.15, 0.2) is 70.7 Å². The summed E-state index contributed by atoms with van der Waals surface area (Å²) in [6.07, 6.45) is 1.45. The number of barbiturate groups is 1. The maximum atomic E-state index is 13.2. The van der Waals surface area contributed by atoms with Crippen molar-refractivity contribution in [2.24, 2.45) is 0 Å². The summed E-state index contributed by atoms with van der Waals surface area (Å²) < 4.78 is 6.80. The van der Waals surface area contributed by atoms with Gasteiger partial charge in [-0.2, -0.15) is 0 Å². The van der Waals surface area contributed by atoms with Crippen LogP contribution in [0.5, 0.6) is 5.75 Å². The average molecular weight is 519 g/mol. The lowest BCUT2D eigenvalue weighted by Crippen LogP contribution is -2.54. The Morgan fingerprint density at radius 1 is 0.912 bits per heavy atom. The summed E-state index contributed by atoms with van der Waals surface area (Å²) in [5.41, 5.74) is 5.13. The number of hydrogen-bond acceptors (Lipinski definition) is 4. The third kappa shape index (κ3) is 4.94. The zero-order valence-corrected chi connectivity index (χ0v) is 20.6. The summed E-state index contributed by atoms with van der Waals surface area (Å²) in [5.74, 6) is -0.940. The first-order valence-electron chi connectivity index (χ1n) is 10.7. The zero-order valence-electron chi connectivity index (χ0n) is 19.0. The Kier molecular flexibility index (Phi) is 6.65. The molecule has 3 aromatic rings. The lowest BCUT2D eigenvalue weighted by Gasteiger charge is -2.26. The first-order valence-corrected chi connectivity index (χ1v) is 11.5. The number of carbonyl (C=O) groups excluding carboxylic acids is 3. The number of imide groups is 2. The smallest absolute Gasteiger partial charge is 0.335 e. The van der Waals surface area contributed by atoms with Crippen LogP contribution in [0.2, 0.25) is 0 Å². The normalized spacial score (nSPS) is 15.0. The van der Waals surface area contributed by atoms with Gasteiger partial charge in [0.1, 0.15) is 17.9 Å². The van der Waals surface area contributed by atoms with Crippen molar-refractivity contribution in [1.29, 1.82) is 0 Å². The molecule has 0 aromatic heterocycles. The molecule has 0 spiro atoms. The topological polar surface area (TPSA) is 75.7 Å². The number of rotatable bonds is 5. The fourth-order valence-corrected chi connectivity index (χ4v) is 3.94. The molecule has 0 atom stereocenters. The number of ether oxygens (including phenoxy) is 1. The van der Waals surface area contributed by atoms with E-state index in [-0.39, 0.29) is 5.57 Å². The van der Waals surface area contributed by atoms with Gasteiger partial charge < -0.3 is 4.74 Å². The van der Waals surface area contributed by atoms with Gasteiger partial charge >= 0.3 is 6.03 Å². The number of nitrogens with zero attached hydrogens (tertiary/aromatic N) is 1. The van der Waals surface area contributed by atoms with Crippen molar-refractivity contribution < 1.29 is 19.1 Å². The van der Waals surface area contributed by atoms with E-state index in [1.807, 2.05) is 32.0 Å². The molecular weight excluding hydrogens is 496 g/mol. The molecule has 4 rings (SSSR count). The molecule has 172 valence electrons. The Balaban J connectivity index is 1.66. The molecule has 3 aromatic carbocycles. The van der Waals surface area contributed by atoms with Crippen LogP contribution in [-0.4, -0.2) is 17.8 Å². The second-order valence-electron chi connectivity index (χ2n) is 8.18. The number of benzene rings is 3. The van der Waals surface area contributed by atoms with E-state index in [4.69, 9.17) is 4.74 Å². The fraction of sp³-hybridized carbons (Fsp3) is 0.148. The van der Waals surface area contributed by atoms with Gasteiger partial charge in [-0.1, -0.05) is 51.8 Å². The van der Waals surface area contributed by atoms with E-state index in [0.717, 1.165) is 20.5 Å². The van der Waals surface area contributed by atoms with Crippen LogP contribution in [-0.2, 0) is 16.2 Å². The van der Waals surface area contributed by atoms with E-state index in [0.29, 0.717) is 23.6 Å². The predicted octanol–water partition coefficient (Wildman–Crippen LogP) is 5.62. The van der Waals surface area contributed by atoms with Gasteiger partial charge in [0.15, 0.2) is 0 Å². The number of nitrogens with one attached hydrogen (secondary N) is 1. The van der Waals surface area contributed by atoms with Crippen molar-refractivity contribution in [3.8, 4) is 5.75 Å². The Labute approximate surface area is 206 Å². The number of carbonyl (C=O) groups is 3. The van der Waals surface area contributed by atoms with E-state index in [1.165, 1.54) is 17.2 Å². The number of hydrogen-bond donors (Lipinski definition) is 1. The van der Waals surface area contributed by atoms with Crippen LogP contribution in [0.4, 0.5) is 10.5 Å². The summed E-state index contributed by atoms with van der Waals surface area (Å²) in [5, 5.41) is 2.25. The molecule has 0 saturated carbocycles. The van der Waals surface area contributed by atoms with Crippen LogP contribution in [0.25, 0.3) is 6.08 Å². The third-order valence-electron chi connectivity index (χ3n) is 5.63. The van der Waals surface area contributed by atoms with Crippen molar-refractivity contribution in [2.45, 2.75) is 27.4 Å². The van der Waals surface area contributed by atoms with Gasteiger partial charge in [0.25, 0.3) is 11.8 Å². The van der Waals surface area contributed by atoms with Gasteiger partial charge in [-0.05, 0) is 73.9 Å². The summed E-state index contributed by atoms with van der Waals surface area (Å²) in [4.78, 5) is 39.2. The largest absolute Gasteiger partial charge is 0.488 e. The third-order valence-corrected chi connectivity index (χ3v) is 6.12. The molecule has 34 heavy (non-hydrogen) atoms. The number of halogens is 1. The Morgan fingerprint density at radius 2 is 1.65 bits per heavy atom. The van der Waals surface area contributed by atoms with Crippen LogP contribution < -0.4 is 15.0 Å². The van der Waals surface area contributed by atoms with Crippen molar-refractivity contribution in [2.75, 3.05) is 4.90 Å². The second kappa shape index (κ2) is 9.65. The first kappa shape index (κ1) is 23.4. The summed E-state index contributed by atoms with van der Waals surface area (Å²) in [7, 11) is 0. The molecule has 6 nitrogen and oxygen atoms in total. The minimum atomic E-state index is -0.781. The zero-order chi connectivity index (χ0) is 24.4. The maximum Gasteiger partial charge on any atom is 0.335 e. The minimum absolute atomic E-state index is 0.158. The van der Waals surface area contributed by atoms with Crippen molar-refractivity contribution in [1.82, 2.24) is 5.32 Å². The van der Waals surface area contributed by atoms with E-state index in [2.05, 4.69) is 34.2 Å². The van der Waals surface area contributed by atoms with E-state index in [1.54, 1.807) is 36.4 Å². The van der Waals surface area contributed by atoms with Crippen LogP contribution >= 0.6 is 15.9 Å². The number of anilines is 1. The maximum absolute atomic E-state index is 13.2. The van der Waals surface area contributed by atoms with Crippen LogP contribution in [0.3, 0.4) is 0 Å². The van der Waals surface area contributed by atoms with E-state index < -0.39 is 17.8 Å². The molecule has 1 fully saturated rings. The SMILES string of the molecule is Cc1ccc(N2C(=O)NC(=O)/C(=C\c3cc(Br)ccc3OCc3ccc(C)c(C)c3)C2=O)cc1. The standard InChI is InChI=1S/C27H23BrN2O4/c1-16-4-9-22(10-5-16)30-26(32)23(25(31)29-27(30)33)14-20-13-21(28)8-11-24(20)34-15-19-7-6-17(2)18(3)12-19/h4-14H,15H2,1-3H3,(H,29,31,33)/b23-14+. The Morgan fingerprint density at radius 3 is 2.35 bits per heavy atom. The molecule has 1 aliphatic rings. The Hall–Kier alpha value is -3.71. The predicted molar refractivity (Wildman–Crippen MR) is 135 cm³/mol. The average Bonchev–Trinajstić information content (AvgIpc) is 2.79. The molecule has 1 heterocycles. The lowest BCUT2D eigenvalue weighted by molar-refractivity contribution is -0.122. The molecule has 1 saturated heterocycles. The minimum Gasteiger partial charge on any atom is -0.488 e. The molecule has 0 aliphatic carbocycles. The number of amides is 4. The molecule has 1 aliphatic heterocycles. The fourth-order valence-electron chi connectivity index (χ4n) is 3.56. The van der Waals surface area contributed by atoms with E-state index in [9.17, 15) is 14.4 Å². The quantitative estimate of drug-likeness (QED) is 0.351. The highest BCUT2D eigenvalue weighted by Crippen LogP contribution is 2.29. The molecular formula is C27H23BrN2O4. The summed E-state index contributed by atoms with van der Waals surface area (Å²) >= 11 is 3.43. The second-order valence-corrected chi connectivity index (χ2v) is 9.10. The van der Waals surface area contributed by atoms with Crippen molar-refractivity contribution in [3.05, 3.63) is 98.5 Å². The summed E-state index contributed by atoms with van der Waals surface area (Å²) in [6.45, 7) is 6.33. The number of aryl methyl sites for hydroxylation is 3.